The number of hydrogen-bond donors (Lipinski definition) is 8. The van der Waals surface area contributed by atoms with Gasteiger partial charge >= 0.3 is 0 Å². The molecule has 22 heteroatoms. The van der Waals surface area contributed by atoms with Crippen molar-refractivity contribution >= 4 is 24.3 Å². The quantitative estimate of drug-likeness (QED) is 0.0943. The molecule has 0 aromatic heterocycles. The van der Waals surface area contributed by atoms with Gasteiger partial charge in [0.1, 0.15) is 0 Å². The van der Waals surface area contributed by atoms with Crippen molar-refractivity contribution in [3.8, 4) is 0 Å². The van der Waals surface area contributed by atoms with E-state index in [4.69, 9.17) is 0 Å². The fourth-order valence-electron chi connectivity index (χ4n) is 4.05. The van der Waals surface area contributed by atoms with E-state index in [1.54, 1.807) is 65.8 Å². The molecular weight excluding hydrogens is 658 g/mol. The van der Waals surface area contributed by atoms with Gasteiger partial charge in [-0.25, -0.2) is 43.2 Å². The smallest absolute Gasteiger partial charge is 0.189 e. The standard InChI is InChI=1S/C6H14N2S.C5H11N3O3.C5H11N3O2.C5H12N2S.C4H9N3O2/c1-5-6(2)8(4)9-7(5)3;1-4-5(2)7(10)8(11-3)6(4)9;1-4-5(2)8(10)6(3)7(4)9;1-4-5(2)7(3)8-6-4;1-3-4(2)7(9)5-6(3)8/h5-6H,1-4H3;6-7H,1-3H3;7-8H,1-3H3;4-6H,1-3H3;5-7H,1-2H3. The third-order valence-electron chi connectivity index (χ3n) is 8.82. The molecule has 0 aromatic rings. The largest absolute Gasteiger partial charge is 0.604 e. The average molecular weight is 716 g/mol. The molecule has 10 unspecified atom stereocenters. The zero-order valence-electron chi connectivity index (χ0n) is 30.2. The van der Waals surface area contributed by atoms with Crippen molar-refractivity contribution in [3.05, 3.63) is 65.4 Å². The number of nitrogens with one attached hydrogen (secondary N) is 8. The number of hydrogen-bond acceptors (Lipinski definition) is 16. The first kappa shape index (κ1) is 44.1. The molecule has 0 aliphatic carbocycles. The molecule has 0 bridgehead atoms. The van der Waals surface area contributed by atoms with Crippen molar-refractivity contribution in [3.63, 3.8) is 0 Å². The summed E-state index contributed by atoms with van der Waals surface area (Å²) in [5.74, 6) is 0. The van der Waals surface area contributed by atoms with Crippen LogP contribution < -0.4 is 41.3 Å². The molecular formula is C25H57N13O7S2. The second-order valence-corrected chi connectivity index (χ2v) is 14.0. The minimum absolute atomic E-state index is 0.178. The maximum absolute atomic E-state index is 11.1. The van der Waals surface area contributed by atoms with Gasteiger partial charge in [0.05, 0.1) is 14.2 Å². The van der Waals surface area contributed by atoms with Crippen LogP contribution in [-0.4, -0.2) is 82.8 Å². The van der Waals surface area contributed by atoms with Gasteiger partial charge in [-0.1, -0.05) is 0 Å². The Bertz CT molecular complexity index is 1040. The molecule has 0 spiro atoms. The van der Waals surface area contributed by atoms with Gasteiger partial charge in [-0.2, -0.15) is 10.3 Å². The minimum atomic E-state index is -0.366. The molecule has 0 aromatic carbocycles. The van der Waals surface area contributed by atoms with Crippen LogP contribution >= 0.6 is 24.3 Å². The van der Waals surface area contributed by atoms with Crippen LogP contribution in [0.3, 0.4) is 0 Å². The van der Waals surface area contributed by atoms with E-state index in [0.717, 1.165) is 10.4 Å². The highest BCUT2D eigenvalue weighted by Gasteiger charge is 2.34. The van der Waals surface area contributed by atoms with Crippen LogP contribution in [0.1, 0.15) is 69.2 Å². The minimum Gasteiger partial charge on any atom is -0.604 e. The summed E-state index contributed by atoms with van der Waals surface area (Å²) in [6.07, 6.45) is 0. The van der Waals surface area contributed by atoms with E-state index in [9.17, 15) is 31.2 Å². The summed E-state index contributed by atoms with van der Waals surface area (Å²) in [6.45, 7) is 18.7. The molecule has 5 heterocycles. The molecule has 10 atom stereocenters. The van der Waals surface area contributed by atoms with E-state index < -0.39 is 0 Å². The lowest BCUT2D eigenvalue weighted by Gasteiger charge is -2.26. The summed E-state index contributed by atoms with van der Waals surface area (Å²) in [6, 6.07) is 2.66. The molecule has 276 valence electrons. The molecule has 8 N–H and O–H groups in total. The lowest BCUT2D eigenvalue weighted by Crippen LogP contribution is -3.29. The van der Waals surface area contributed by atoms with Gasteiger partial charge in [-0.15, -0.1) is 0 Å². The Morgan fingerprint density at radius 3 is 1.06 bits per heavy atom. The van der Waals surface area contributed by atoms with Crippen molar-refractivity contribution in [1.82, 2.24) is 33.6 Å². The molecule has 2 saturated heterocycles. The Morgan fingerprint density at radius 1 is 0.574 bits per heavy atom. The number of rotatable bonds is 1. The van der Waals surface area contributed by atoms with Crippen LogP contribution in [0.4, 0.5) is 0 Å². The van der Waals surface area contributed by atoms with Crippen molar-refractivity contribution < 1.29 is 35.9 Å². The second kappa shape index (κ2) is 19.5. The summed E-state index contributed by atoms with van der Waals surface area (Å²) in [4.78, 5) is 4.57. The number of allylic oxidation sites excluding steroid dienone is 6. The van der Waals surface area contributed by atoms with Gasteiger partial charge in [0, 0.05) is 95.1 Å². The molecule has 5 aliphatic rings. The number of nitrogens with zero attached hydrogens (tertiary/aromatic N) is 5. The summed E-state index contributed by atoms with van der Waals surface area (Å²) >= 11 is 3.50. The molecule has 0 amide bonds. The Labute approximate surface area is 287 Å². The van der Waals surface area contributed by atoms with Gasteiger partial charge in [0.15, 0.2) is 39.5 Å². The summed E-state index contributed by atoms with van der Waals surface area (Å²) < 4.78 is 10.1. The van der Waals surface area contributed by atoms with E-state index >= 15 is 0 Å². The third-order valence-corrected chi connectivity index (χ3v) is 11.1. The molecule has 20 nitrogen and oxygen atoms in total. The van der Waals surface area contributed by atoms with Gasteiger partial charge in [0.25, 0.3) is 0 Å². The fourth-order valence-corrected chi connectivity index (χ4v) is 5.99. The van der Waals surface area contributed by atoms with Crippen LogP contribution in [0.2, 0.25) is 0 Å². The van der Waals surface area contributed by atoms with E-state index in [0.29, 0.717) is 58.3 Å². The average Bonchev–Trinajstić information content (AvgIpc) is 3.66. The number of likely N-dealkylation sites (N-methyl/N-ethyl adjacent to an activating group) is 3. The fraction of sp³-hybridized carbons (Fsp3) is 0.760. The van der Waals surface area contributed by atoms with Crippen LogP contribution in [-0.2, 0) is 4.84 Å². The lowest BCUT2D eigenvalue weighted by molar-refractivity contribution is -1.20. The molecule has 0 saturated carbocycles. The summed E-state index contributed by atoms with van der Waals surface area (Å²) in [5.41, 5.74) is 5.26. The van der Waals surface area contributed by atoms with E-state index in [1.807, 2.05) is 0 Å². The SMILES string of the molecule is CC1=C(C)[NH+]([O-])N(C)[NH+]1[O-].CC1=C(C)[NH+]([O-])N[NH+]1[O-].CC1C(C)N(C)SN1C.CC1NSN(C)C1C.CON1[NH+]([O-])C(C)=C(C)[NH+]1[O-]. The zero-order chi connectivity index (χ0) is 36.7. The topological polar surface area (TPSA) is 214 Å². The first-order chi connectivity index (χ1) is 21.6. The predicted molar refractivity (Wildman–Crippen MR) is 180 cm³/mol. The first-order valence-electron chi connectivity index (χ1n) is 15.0. The Kier molecular flexibility index (Phi) is 18.3. The maximum Gasteiger partial charge on any atom is 0.189 e. The van der Waals surface area contributed by atoms with Crippen molar-refractivity contribution in [2.45, 2.75) is 93.4 Å². The summed E-state index contributed by atoms with van der Waals surface area (Å²) in [5, 5.41) is 65.6. The highest BCUT2D eigenvalue weighted by atomic mass is 32.2. The van der Waals surface area contributed by atoms with Gasteiger partial charge in [0.2, 0.25) is 0 Å². The Morgan fingerprint density at radius 2 is 0.936 bits per heavy atom. The van der Waals surface area contributed by atoms with Crippen LogP contribution in [0, 0.1) is 31.2 Å². The third kappa shape index (κ3) is 11.3. The van der Waals surface area contributed by atoms with Gasteiger partial charge in [-0.05, 0) is 54.4 Å². The van der Waals surface area contributed by atoms with Crippen LogP contribution in [0.15, 0.2) is 34.2 Å². The molecule has 5 rings (SSSR count). The zero-order valence-corrected chi connectivity index (χ0v) is 31.9. The van der Waals surface area contributed by atoms with Crippen molar-refractivity contribution in [2.75, 3.05) is 35.3 Å². The normalized spacial score (nSPS) is 37.0. The van der Waals surface area contributed by atoms with E-state index in [-0.39, 0.29) is 31.0 Å². The molecule has 0 radical (unpaired) electrons. The van der Waals surface area contributed by atoms with Gasteiger partial charge in [-0.3, -0.25) is 0 Å². The monoisotopic (exact) mass is 715 g/mol. The highest BCUT2D eigenvalue weighted by molar-refractivity contribution is 7.95. The Balaban J connectivity index is 0.000000295. The van der Waals surface area contributed by atoms with Crippen molar-refractivity contribution in [2.24, 2.45) is 0 Å². The molecule has 47 heavy (non-hydrogen) atoms. The van der Waals surface area contributed by atoms with Crippen LogP contribution in [0.5, 0.6) is 0 Å². The van der Waals surface area contributed by atoms with E-state index in [1.165, 1.54) is 14.2 Å². The number of hydroxylamine groups is 6. The highest BCUT2D eigenvalue weighted by Crippen LogP contribution is 2.29. The van der Waals surface area contributed by atoms with E-state index in [2.05, 4.69) is 76.8 Å². The maximum atomic E-state index is 11.1. The summed E-state index contributed by atoms with van der Waals surface area (Å²) in [7, 11) is 9.16. The number of quaternary nitrogens is 6. The predicted octanol–water partition coefficient (Wildman–Crippen LogP) is -5.01. The first-order valence-corrected chi connectivity index (χ1v) is 16.5. The Hall–Kier alpha value is -0.880. The van der Waals surface area contributed by atoms with Crippen molar-refractivity contribution in [1.29, 1.82) is 0 Å². The van der Waals surface area contributed by atoms with Gasteiger partial charge < -0.3 is 31.2 Å². The molecule has 5 aliphatic heterocycles. The lowest BCUT2D eigenvalue weighted by atomic mass is 10.2. The molecule has 2 fully saturated rings. The second-order valence-electron chi connectivity index (χ2n) is 11.7. The van der Waals surface area contributed by atoms with Crippen LogP contribution in [0.25, 0.3) is 0 Å².